The van der Waals surface area contributed by atoms with Crippen LogP contribution in [0.5, 0.6) is 5.88 Å². The molecule has 2 heterocycles. The van der Waals surface area contributed by atoms with E-state index in [-0.39, 0.29) is 25.6 Å². The van der Waals surface area contributed by atoms with Crippen molar-refractivity contribution in [1.29, 1.82) is 0 Å². The van der Waals surface area contributed by atoms with Crippen molar-refractivity contribution < 1.29 is 14.6 Å². The summed E-state index contributed by atoms with van der Waals surface area (Å²) in [4.78, 5) is 39.6. The average molecular weight is 470 g/mol. The molecule has 1 N–H and O–H groups in total. The second-order valence-electron chi connectivity index (χ2n) is 7.95. The number of hydrogen-bond acceptors (Lipinski definition) is 5. The molecule has 9 heteroatoms. The number of amides is 1. The van der Waals surface area contributed by atoms with Crippen LogP contribution in [0.3, 0.4) is 0 Å². The normalized spacial score (nSPS) is 15.5. The zero-order valence-corrected chi connectivity index (χ0v) is 18.6. The van der Waals surface area contributed by atoms with Gasteiger partial charge in [0.25, 0.3) is 5.56 Å². The zero-order chi connectivity index (χ0) is 23.4. The molecule has 1 saturated heterocycles. The molecule has 1 atom stereocenters. The monoisotopic (exact) mass is 469 g/mol. The summed E-state index contributed by atoms with van der Waals surface area (Å²) >= 11 is 6.01. The van der Waals surface area contributed by atoms with Crippen molar-refractivity contribution in [2.24, 2.45) is 0 Å². The Bertz CT molecular complexity index is 1250. The Balaban J connectivity index is 1.46. The molecular weight excluding hydrogens is 446 g/mol. The lowest BCUT2D eigenvalue weighted by molar-refractivity contribution is 0.103. The number of likely N-dealkylation sites (tertiary alicyclic amines) is 1. The third-order valence-corrected chi connectivity index (χ3v) is 5.94. The number of benzene rings is 2. The van der Waals surface area contributed by atoms with Crippen molar-refractivity contribution >= 4 is 17.7 Å². The van der Waals surface area contributed by atoms with Crippen molar-refractivity contribution in [3.05, 3.63) is 97.7 Å². The standard InChI is InChI=1S/C24H24ClN3O5/c25-19-8-4-7-17(13-19)9-12-27-21(29)14-22(30)28(23(27)31)20-10-11-26(15-20)24(32)33-16-18-5-2-1-3-6-18/h1-8,13-14,20,29H,9-12,15-16H2/t20-/m0/s1. The Hall–Kier alpha value is -3.52. The van der Waals surface area contributed by atoms with Gasteiger partial charge in [-0.25, -0.2) is 9.59 Å². The first-order valence-corrected chi connectivity index (χ1v) is 11.1. The number of aromatic nitrogens is 2. The smallest absolute Gasteiger partial charge is 0.410 e. The van der Waals surface area contributed by atoms with Gasteiger partial charge in [-0.2, -0.15) is 0 Å². The van der Waals surface area contributed by atoms with E-state index in [1.165, 1.54) is 9.47 Å². The lowest BCUT2D eigenvalue weighted by Crippen LogP contribution is -2.43. The summed E-state index contributed by atoms with van der Waals surface area (Å²) in [5.41, 5.74) is 0.575. The van der Waals surface area contributed by atoms with Gasteiger partial charge in [-0.05, 0) is 36.1 Å². The Morgan fingerprint density at radius 3 is 2.58 bits per heavy atom. The van der Waals surface area contributed by atoms with Gasteiger partial charge in [0.2, 0.25) is 5.88 Å². The largest absolute Gasteiger partial charge is 0.494 e. The number of hydrogen-bond donors (Lipinski definition) is 1. The number of carbonyl (C=O) groups excluding carboxylic acids is 1. The zero-order valence-electron chi connectivity index (χ0n) is 17.9. The molecule has 1 aromatic heterocycles. The van der Waals surface area contributed by atoms with Gasteiger partial charge < -0.3 is 14.7 Å². The molecule has 0 spiro atoms. The lowest BCUT2D eigenvalue weighted by Gasteiger charge is -2.18. The molecule has 4 rings (SSSR count). The molecule has 172 valence electrons. The van der Waals surface area contributed by atoms with Crippen molar-refractivity contribution in [3.8, 4) is 5.88 Å². The summed E-state index contributed by atoms with van der Waals surface area (Å²) in [5, 5.41) is 10.8. The van der Waals surface area contributed by atoms with Gasteiger partial charge >= 0.3 is 11.8 Å². The van der Waals surface area contributed by atoms with Crippen LogP contribution in [0.1, 0.15) is 23.6 Å². The molecule has 3 aromatic rings. The summed E-state index contributed by atoms with van der Waals surface area (Å²) in [7, 11) is 0. The SMILES string of the molecule is O=C(OCc1ccccc1)N1CC[C@H](n2c(=O)cc(O)n(CCc3cccc(Cl)c3)c2=O)C1. The van der Waals surface area contributed by atoms with Crippen molar-refractivity contribution in [2.45, 2.75) is 32.0 Å². The van der Waals surface area contributed by atoms with E-state index < -0.39 is 23.4 Å². The van der Waals surface area contributed by atoms with Crippen LogP contribution in [0.25, 0.3) is 0 Å². The van der Waals surface area contributed by atoms with E-state index in [1.54, 1.807) is 12.1 Å². The molecular formula is C24H24ClN3O5. The van der Waals surface area contributed by atoms with E-state index in [2.05, 4.69) is 0 Å². The fourth-order valence-electron chi connectivity index (χ4n) is 3.99. The van der Waals surface area contributed by atoms with E-state index >= 15 is 0 Å². The molecule has 0 saturated carbocycles. The van der Waals surface area contributed by atoms with Crippen LogP contribution in [0.2, 0.25) is 5.02 Å². The lowest BCUT2D eigenvalue weighted by atomic mass is 10.1. The molecule has 0 bridgehead atoms. The molecule has 0 radical (unpaired) electrons. The quantitative estimate of drug-likeness (QED) is 0.598. The number of carbonyl (C=O) groups is 1. The molecule has 1 aliphatic heterocycles. The summed E-state index contributed by atoms with van der Waals surface area (Å²) in [6, 6.07) is 17.1. The summed E-state index contributed by atoms with van der Waals surface area (Å²) in [5.74, 6) is -0.389. The minimum Gasteiger partial charge on any atom is -0.494 e. The van der Waals surface area contributed by atoms with Crippen molar-refractivity contribution in [2.75, 3.05) is 13.1 Å². The Kier molecular flexibility index (Phi) is 6.84. The second-order valence-corrected chi connectivity index (χ2v) is 8.39. The molecule has 1 amide bonds. The molecule has 2 aromatic carbocycles. The van der Waals surface area contributed by atoms with E-state index in [0.29, 0.717) is 24.4 Å². The van der Waals surface area contributed by atoms with Gasteiger partial charge in [-0.3, -0.25) is 13.9 Å². The third-order valence-electron chi connectivity index (χ3n) is 5.71. The highest BCUT2D eigenvalue weighted by molar-refractivity contribution is 6.30. The van der Waals surface area contributed by atoms with Crippen LogP contribution in [-0.4, -0.2) is 38.3 Å². The molecule has 1 aliphatic rings. The van der Waals surface area contributed by atoms with Gasteiger partial charge in [0.15, 0.2) is 0 Å². The highest BCUT2D eigenvalue weighted by Gasteiger charge is 2.31. The van der Waals surface area contributed by atoms with Crippen LogP contribution in [0.15, 0.2) is 70.3 Å². The van der Waals surface area contributed by atoms with Gasteiger partial charge in [0.1, 0.15) is 6.61 Å². The summed E-state index contributed by atoms with van der Waals surface area (Å²) < 4.78 is 7.64. The first-order valence-electron chi connectivity index (χ1n) is 10.7. The van der Waals surface area contributed by atoms with Crippen LogP contribution < -0.4 is 11.2 Å². The minimum absolute atomic E-state index is 0.149. The number of nitrogens with zero attached hydrogens (tertiary/aromatic N) is 3. The maximum Gasteiger partial charge on any atom is 0.410 e. The number of rotatable bonds is 6. The number of halogens is 1. The molecule has 33 heavy (non-hydrogen) atoms. The van der Waals surface area contributed by atoms with Gasteiger partial charge in [-0.15, -0.1) is 0 Å². The first kappa shape index (κ1) is 22.7. The fraction of sp³-hybridized carbons (Fsp3) is 0.292. The highest BCUT2D eigenvalue weighted by Crippen LogP contribution is 2.21. The Labute approximate surface area is 195 Å². The van der Waals surface area contributed by atoms with E-state index in [1.807, 2.05) is 42.5 Å². The van der Waals surface area contributed by atoms with Crippen LogP contribution >= 0.6 is 11.6 Å². The van der Waals surface area contributed by atoms with Crippen LogP contribution in [0, 0.1) is 0 Å². The number of ether oxygens (including phenoxy) is 1. The fourth-order valence-corrected chi connectivity index (χ4v) is 4.20. The second kappa shape index (κ2) is 9.95. The van der Waals surface area contributed by atoms with Crippen LogP contribution in [0.4, 0.5) is 4.79 Å². The van der Waals surface area contributed by atoms with Gasteiger partial charge in [0, 0.05) is 24.7 Å². The van der Waals surface area contributed by atoms with Crippen molar-refractivity contribution in [3.63, 3.8) is 0 Å². The first-order chi connectivity index (χ1) is 15.9. The summed E-state index contributed by atoms with van der Waals surface area (Å²) in [6.07, 6.45) is 0.401. The highest BCUT2D eigenvalue weighted by atomic mass is 35.5. The Morgan fingerprint density at radius 1 is 1.06 bits per heavy atom. The van der Waals surface area contributed by atoms with E-state index in [0.717, 1.165) is 21.8 Å². The maximum atomic E-state index is 13.1. The van der Waals surface area contributed by atoms with Crippen molar-refractivity contribution in [1.82, 2.24) is 14.0 Å². The molecule has 1 fully saturated rings. The average Bonchev–Trinajstić information content (AvgIpc) is 3.27. The van der Waals surface area contributed by atoms with E-state index in [4.69, 9.17) is 16.3 Å². The molecule has 8 nitrogen and oxygen atoms in total. The van der Waals surface area contributed by atoms with Crippen LogP contribution in [-0.2, 0) is 24.3 Å². The number of aryl methyl sites for hydroxylation is 1. The predicted octanol–water partition coefficient (Wildman–Crippen LogP) is 3.20. The summed E-state index contributed by atoms with van der Waals surface area (Å²) in [6.45, 7) is 0.881. The topological polar surface area (TPSA) is 93.8 Å². The predicted molar refractivity (Wildman–Crippen MR) is 124 cm³/mol. The maximum absolute atomic E-state index is 13.1. The van der Waals surface area contributed by atoms with Gasteiger partial charge in [-0.1, -0.05) is 54.1 Å². The molecule has 0 aliphatic carbocycles. The third kappa shape index (κ3) is 5.28. The molecule has 0 unspecified atom stereocenters. The van der Waals surface area contributed by atoms with Gasteiger partial charge in [0.05, 0.1) is 12.1 Å². The minimum atomic E-state index is -0.605. The van der Waals surface area contributed by atoms with E-state index in [9.17, 15) is 19.5 Å². The Morgan fingerprint density at radius 2 is 1.82 bits per heavy atom. The number of aromatic hydroxyl groups is 1.